The van der Waals surface area contributed by atoms with E-state index in [9.17, 15) is 0 Å². The number of aromatic nitrogens is 1. The van der Waals surface area contributed by atoms with Crippen molar-refractivity contribution < 1.29 is 8.83 Å². The first kappa shape index (κ1) is 11.0. The van der Waals surface area contributed by atoms with Gasteiger partial charge >= 0.3 is 0 Å². The van der Waals surface area contributed by atoms with Crippen LogP contribution in [-0.4, -0.2) is 18.6 Å². The van der Waals surface area contributed by atoms with E-state index in [0.717, 1.165) is 41.7 Å². The normalized spacial score (nSPS) is 10.9. The van der Waals surface area contributed by atoms with Gasteiger partial charge in [0.25, 0.3) is 0 Å². The average molecular weight is 220 g/mol. The fraction of sp³-hybridized carbons (Fsp3) is 0.417. The molecule has 0 atom stereocenters. The monoisotopic (exact) mass is 220 g/mol. The molecule has 0 bridgehead atoms. The number of nitrogens with zero attached hydrogens (tertiary/aromatic N) is 1. The number of rotatable bonds is 4. The minimum atomic E-state index is 0.752. The maximum absolute atomic E-state index is 5.65. The molecule has 4 nitrogen and oxygen atoms in total. The lowest BCUT2D eigenvalue weighted by Gasteiger charge is -1.94. The van der Waals surface area contributed by atoms with Crippen molar-refractivity contribution in [2.45, 2.75) is 20.3 Å². The van der Waals surface area contributed by atoms with Crippen LogP contribution in [0.5, 0.6) is 0 Å². The summed E-state index contributed by atoms with van der Waals surface area (Å²) < 4.78 is 11.1. The maximum Gasteiger partial charge on any atom is 0.196 e. The molecule has 0 aliphatic carbocycles. The molecule has 86 valence electrons. The van der Waals surface area contributed by atoms with E-state index in [4.69, 9.17) is 8.83 Å². The van der Waals surface area contributed by atoms with Crippen molar-refractivity contribution in [2.24, 2.45) is 0 Å². The van der Waals surface area contributed by atoms with Crippen LogP contribution in [0.2, 0.25) is 0 Å². The highest BCUT2D eigenvalue weighted by Crippen LogP contribution is 2.27. The number of nitrogens with one attached hydrogen (secondary N) is 1. The minimum Gasteiger partial charge on any atom is -0.466 e. The van der Waals surface area contributed by atoms with Gasteiger partial charge in [-0.1, -0.05) is 0 Å². The minimum absolute atomic E-state index is 0.752. The molecule has 16 heavy (non-hydrogen) atoms. The van der Waals surface area contributed by atoms with E-state index in [0.29, 0.717) is 0 Å². The number of oxazole rings is 1. The molecule has 0 fully saturated rings. The van der Waals surface area contributed by atoms with Gasteiger partial charge in [0, 0.05) is 13.0 Å². The first-order valence-corrected chi connectivity index (χ1v) is 5.37. The molecule has 0 saturated heterocycles. The summed E-state index contributed by atoms with van der Waals surface area (Å²) in [4.78, 5) is 4.23. The molecular weight excluding hydrogens is 204 g/mol. The Morgan fingerprint density at radius 2 is 2.12 bits per heavy atom. The van der Waals surface area contributed by atoms with Gasteiger partial charge in [0.15, 0.2) is 11.7 Å². The largest absolute Gasteiger partial charge is 0.466 e. The second-order valence-electron chi connectivity index (χ2n) is 3.80. The fourth-order valence-electron chi connectivity index (χ4n) is 1.66. The highest BCUT2D eigenvalue weighted by molar-refractivity contribution is 5.59. The highest BCUT2D eigenvalue weighted by Gasteiger charge is 2.12. The van der Waals surface area contributed by atoms with Gasteiger partial charge in [0.05, 0.1) is 11.8 Å². The predicted molar refractivity (Wildman–Crippen MR) is 61.3 cm³/mol. The molecule has 2 aromatic rings. The Bertz CT molecular complexity index is 471. The lowest BCUT2D eigenvalue weighted by atomic mass is 10.2. The number of hydrogen-bond acceptors (Lipinski definition) is 4. The Labute approximate surface area is 94.7 Å². The zero-order valence-electron chi connectivity index (χ0n) is 9.83. The Morgan fingerprint density at radius 3 is 2.75 bits per heavy atom. The van der Waals surface area contributed by atoms with Crippen LogP contribution in [0.1, 0.15) is 17.4 Å². The molecule has 4 heteroatoms. The van der Waals surface area contributed by atoms with Gasteiger partial charge in [-0.05, 0) is 27.0 Å². The molecule has 0 amide bonds. The van der Waals surface area contributed by atoms with E-state index in [1.54, 1.807) is 6.20 Å². The van der Waals surface area contributed by atoms with E-state index in [1.807, 2.05) is 27.0 Å². The third-order valence-corrected chi connectivity index (χ3v) is 2.45. The SMILES string of the molecule is CNCCc1ncc(-c2cc(C)oc2C)o1. The smallest absolute Gasteiger partial charge is 0.196 e. The third kappa shape index (κ3) is 2.17. The fourth-order valence-corrected chi connectivity index (χ4v) is 1.66. The van der Waals surface area contributed by atoms with Gasteiger partial charge < -0.3 is 14.2 Å². The van der Waals surface area contributed by atoms with Crippen LogP contribution in [-0.2, 0) is 6.42 Å². The Kier molecular flexibility index (Phi) is 3.10. The highest BCUT2D eigenvalue weighted by atomic mass is 16.4. The van der Waals surface area contributed by atoms with Crippen LogP contribution in [0.15, 0.2) is 21.1 Å². The number of likely N-dealkylation sites (N-methyl/N-ethyl adjacent to an activating group) is 1. The standard InChI is InChI=1S/C12H16N2O2/c1-8-6-10(9(2)15-8)11-7-14-12(16-11)4-5-13-3/h6-7,13H,4-5H2,1-3H3. The first-order chi connectivity index (χ1) is 7.70. The van der Waals surface area contributed by atoms with Gasteiger partial charge in [-0.2, -0.15) is 0 Å². The molecular formula is C12H16N2O2. The quantitative estimate of drug-likeness (QED) is 0.859. The lowest BCUT2D eigenvalue weighted by molar-refractivity contribution is 0.491. The Hall–Kier alpha value is -1.55. The van der Waals surface area contributed by atoms with E-state index >= 15 is 0 Å². The third-order valence-electron chi connectivity index (χ3n) is 2.45. The Morgan fingerprint density at radius 1 is 1.31 bits per heavy atom. The van der Waals surface area contributed by atoms with E-state index in [2.05, 4.69) is 10.3 Å². The zero-order valence-corrected chi connectivity index (χ0v) is 9.83. The van der Waals surface area contributed by atoms with Crippen LogP contribution in [0, 0.1) is 13.8 Å². The van der Waals surface area contributed by atoms with Gasteiger partial charge in [-0.25, -0.2) is 4.98 Å². The zero-order chi connectivity index (χ0) is 11.5. The van der Waals surface area contributed by atoms with Gasteiger partial charge in [-0.3, -0.25) is 0 Å². The van der Waals surface area contributed by atoms with Gasteiger partial charge in [0.1, 0.15) is 11.5 Å². The molecule has 0 aliphatic rings. The lowest BCUT2D eigenvalue weighted by Crippen LogP contribution is -2.10. The molecule has 2 heterocycles. The summed E-state index contributed by atoms with van der Waals surface area (Å²) in [5.74, 6) is 3.29. The molecule has 1 N–H and O–H groups in total. The topological polar surface area (TPSA) is 51.2 Å². The average Bonchev–Trinajstić information content (AvgIpc) is 2.82. The first-order valence-electron chi connectivity index (χ1n) is 5.37. The number of furan rings is 1. The Balaban J connectivity index is 2.21. The van der Waals surface area contributed by atoms with Crippen LogP contribution in [0.25, 0.3) is 11.3 Å². The molecule has 2 aromatic heterocycles. The number of hydrogen-bond donors (Lipinski definition) is 1. The summed E-state index contributed by atoms with van der Waals surface area (Å²) in [5, 5.41) is 3.06. The van der Waals surface area contributed by atoms with Crippen molar-refractivity contribution in [3.05, 3.63) is 29.7 Å². The van der Waals surface area contributed by atoms with E-state index in [1.165, 1.54) is 0 Å². The molecule has 0 unspecified atom stereocenters. The summed E-state index contributed by atoms with van der Waals surface area (Å²) in [6.07, 6.45) is 2.55. The van der Waals surface area contributed by atoms with Crippen molar-refractivity contribution in [2.75, 3.05) is 13.6 Å². The summed E-state index contributed by atoms with van der Waals surface area (Å²) >= 11 is 0. The van der Waals surface area contributed by atoms with Crippen LogP contribution in [0.3, 0.4) is 0 Å². The molecule has 0 aromatic carbocycles. The van der Waals surface area contributed by atoms with Gasteiger partial charge in [0.2, 0.25) is 0 Å². The van der Waals surface area contributed by atoms with Gasteiger partial charge in [-0.15, -0.1) is 0 Å². The van der Waals surface area contributed by atoms with Crippen LogP contribution < -0.4 is 5.32 Å². The molecule has 0 spiro atoms. The molecule has 0 aliphatic heterocycles. The predicted octanol–water partition coefficient (Wildman–Crippen LogP) is 2.31. The molecule has 2 rings (SSSR count). The summed E-state index contributed by atoms with van der Waals surface area (Å²) in [6, 6.07) is 1.97. The second kappa shape index (κ2) is 4.53. The summed E-state index contributed by atoms with van der Waals surface area (Å²) in [7, 11) is 1.91. The summed E-state index contributed by atoms with van der Waals surface area (Å²) in [5.41, 5.74) is 0.987. The second-order valence-corrected chi connectivity index (χ2v) is 3.80. The van der Waals surface area contributed by atoms with Crippen LogP contribution in [0.4, 0.5) is 0 Å². The van der Waals surface area contributed by atoms with Crippen molar-refractivity contribution in [1.82, 2.24) is 10.3 Å². The van der Waals surface area contributed by atoms with Crippen molar-refractivity contribution in [3.8, 4) is 11.3 Å². The van der Waals surface area contributed by atoms with Crippen molar-refractivity contribution in [1.29, 1.82) is 0 Å². The van der Waals surface area contributed by atoms with Crippen molar-refractivity contribution in [3.63, 3.8) is 0 Å². The molecule has 0 radical (unpaired) electrons. The molecule has 0 saturated carbocycles. The van der Waals surface area contributed by atoms with Crippen LogP contribution >= 0.6 is 0 Å². The summed E-state index contributed by atoms with van der Waals surface area (Å²) in [6.45, 7) is 4.72. The van der Waals surface area contributed by atoms with E-state index < -0.39 is 0 Å². The van der Waals surface area contributed by atoms with E-state index in [-0.39, 0.29) is 0 Å². The number of aryl methyl sites for hydroxylation is 2. The maximum atomic E-state index is 5.65. The van der Waals surface area contributed by atoms with Crippen molar-refractivity contribution >= 4 is 0 Å².